The molecule has 0 fully saturated rings. The number of benzene rings is 2. The van der Waals surface area contributed by atoms with E-state index in [4.69, 9.17) is 4.98 Å². The van der Waals surface area contributed by atoms with Gasteiger partial charge in [-0.1, -0.05) is 36.0 Å². The minimum atomic E-state index is -0.308. The summed E-state index contributed by atoms with van der Waals surface area (Å²) in [5.74, 6) is 0.000473. The molecule has 130 valence electrons. The van der Waals surface area contributed by atoms with Crippen LogP contribution in [-0.4, -0.2) is 39.7 Å². The zero-order valence-electron chi connectivity index (χ0n) is 14.8. The van der Waals surface area contributed by atoms with Crippen molar-refractivity contribution in [2.75, 3.05) is 14.1 Å². The molecule has 0 radical (unpaired) electrons. The second-order valence-corrected chi connectivity index (χ2v) is 7.46. The Kier molecular flexibility index (Phi) is 4.81. The lowest BCUT2D eigenvalue weighted by Gasteiger charge is -2.18. The first-order chi connectivity index (χ1) is 11.9. The molecule has 5 nitrogen and oxygen atoms in total. The van der Waals surface area contributed by atoms with Gasteiger partial charge in [-0.2, -0.15) is 0 Å². The van der Waals surface area contributed by atoms with Gasteiger partial charge >= 0.3 is 0 Å². The van der Waals surface area contributed by atoms with Crippen molar-refractivity contribution in [3.05, 3.63) is 46.8 Å². The van der Waals surface area contributed by atoms with Crippen LogP contribution in [0.4, 0.5) is 0 Å². The van der Waals surface area contributed by atoms with E-state index in [2.05, 4.69) is 0 Å². The lowest BCUT2D eigenvalue weighted by atomic mass is 10.1. The molecule has 2 aromatic carbocycles. The van der Waals surface area contributed by atoms with Crippen LogP contribution in [0.2, 0.25) is 0 Å². The number of hydrogen-bond donors (Lipinski definition) is 0. The normalized spacial score (nSPS) is 12.5. The number of hydrogen-bond acceptors (Lipinski definition) is 4. The third-order valence-electron chi connectivity index (χ3n) is 4.17. The van der Waals surface area contributed by atoms with Crippen LogP contribution in [-0.2, 0) is 11.3 Å². The summed E-state index contributed by atoms with van der Waals surface area (Å²) < 4.78 is 1.64. The molecule has 0 aliphatic rings. The Bertz CT molecular complexity index is 1010. The third-order valence-corrected chi connectivity index (χ3v) is 5.25. The zero-order chi connectivity index (χ0) is 18.1. The molecule has 1 amide bonds. The monoisotopic (exact) mass is 355 g/mol. The summed E-state index contributed by atoms with van der Waals surface area (Å²) in [6, 6.07) is 11.8. The van der Waals surface area contributed by atoms with Crippen molar-refractivity contribution in [2.45, 2.75) is 30.8 Å². The number of aromatic nitrogens is 2. The highest BCUT2D eigenvalue weighted by atomic mass is 32.2. The van der Waals surface area contributed by atoms with Gasteiger partial charge in [-0.05, 0) is 36.8 Å². The fraction of sp³-hybridized carbons (Fsp3) is 0.316. The number of carbonyl (C=O) groups excluding carboxylic acids is 1. The van der Waals surface area contributed by atoms with Crippen molar-refractivity contribution in [1.29, 1.82) is 0 Å². The van der Waals surface area contributed by atoms with E-state index in [0.717, 1.165) is 10.8 Å². The Morgan fingerprint density at radius 2 is 1.88 bits per heavy atom. The third kappa shape index (κ3) is 3.26. The minimum absolute atomic E-state index is 0.000473. The van der Waals surface area contributed by atoms with E-state index in [1.54, 1.807) is 23.6 Å². The number of nitrogens with zero attached hydrogens (tertiary/aromatic N) is 3. The average Bonchev–Trinajstić information content (AvgIpc) is 2.60. The van der Waals surface area contributed by atoms with Crippen LogP contribution < -0.4 is 5.56 Å². The maximum absolute atomic E-state index is 12.9. The Morgan fingerprint density at radius 1 is 1.24 bits per heavy atom. The van der Waals surface area contributed by atoms with Crippen LogP contribution in [0.5, 0.6) is 0 Å². The molecule has 3 rings (SSSR count). The molecule has 25 heavy (non-hydrogen) atoms. The first-order valence-electron chi connectivity index (χ1n) is 8.23. The quantitative estimate of drug-likeness (QED) is 0.410. The molecule has 0 aliphatic heterocycles. The highest BCUT2D eigenvalue weighted by Crippen LogP contribution is 2.25. The molecule has 0 bridgehead atoms. The molecular formula is C19H21N3O2S. The highest BCUT2D eigenvalue weighted by molar-refractivity contribution is 8.00. The van der Waals surface area contributed by atoms with Crippen molar-refractivity contribution >= 4 is 39.3 Å². The smallest absolute Gasteiger partial charge is 0.262 e. The Morgan fingerprint density at radius 3 is 2.48 bits per heavy atom. The Hall–Kier alpha value is -2.34. The summed E-state index contributed by atoms with van der Waals surface area (Å²) >= 11 is 1.33. The van der Waals surface area contributed by atoms with Crippen molar-refractivity contribution in [3.8, 4) is 0 Å². The molecule has 0 saturated carbocycles. The fourth-order valence-electron chi connectivity index (χ4n) is 2.83. The summed E-state index contributed by atoms with van der Waals surface area (Å²) in [5, 5.41) is 2.95. The summed E-state index contributed by atoms with van der Waals surface area (Å²) in [7, 11) is 3.46. The second-order valence-electron chi connectivity index (χ2n) is 6.15. The standard InChI is InChI=1S/C19H21N3O2S/c1-5-22-18(24)15-10-13-8-6-7-9-14(13)11-16(15)20-19(22)25-12(2)17(23)21(3)4/h6-12H,5H2,1-4H3/t12-/m0/s1. The molecule has 0 spiro atoms. The van der Waals surface area contributed by atoms with Gasteiger partial charge in [0.15, 0.2) is 5.16 Å². The minimum Gasteiger partial charge on any atom is -0.348 e. The van der Waals surface area contributed by atoms with Gasteiger partial charge < -0.3 is 4.90 Å². The van der Waals surface area contributed by atoms with Crippen LogP contribution in [0.15, 0.2) is 46.3 Å². The molecule has 1 atom stereocenters. The molecule has 1 heterocycles. The van der Waals surface area contributed by atoms with Crippen LogP contribution in [0.3, 0.4) is 0 Å². The summed E-state index contributed by atoms with van der Waals surface area (Å²) in [5.41, 5.74) is 0.602. The summed E-state index contributed by atoms with van der Waals surface area (Å²) in [6.45, 7) is 4.27. The Labute approximate surface area is 150 Å². The topological polar surface area (TPSA) is 55.2 Å². The predicted octanol–water partition coefficient (Wildman–Crippen LogP) is 3.14. The zero-order valence-corrected chi connectivity index (χ0v) is 15.6. The van der Waals surface area contributed by atoms with E-state index in [1.807, 2.05) is 50.2 Å². The van der Waals surface area contributed by atoms with E-state index in [1.165, 1.54) is 11.8 Å². The van der Waals surface area contributed by atoms with Gasteiger partial charge in [0.2, 0.25) is 5.91 Å². The first kappa shape index (κ1) is 17.5. The molecule has 3 aromatic rings. The van der Waals surface area contributed by atoms with E-state index in [-0.39, 0.29) is 16.7 Å². The molecule has 6 heteroatoms. The van der Waals surface area contributed by atoms with Gasteiger partial charge in [-0.15, -0.1) is 0 Å². The fourth-order valence-corrected chi connectivity index (χ4v) is 3.95. The predicted molar refractivity (Wildman–Crippen MR) is 103 cm³/mol. The molecular weight excluding hydrogens is 334 g/mol. The second kappa shape index (κ2) is 6.88. The van der Waals surface area contributed by atoms with E-state index in [9.17, 15) is 9.59 Å². The number of rotatable bonds is 4. The maximum atomic E-state index is 12.9. The largest absolute Gasteiger partial charge is 0.348 e. The van der Waals surface area contributed by atoms with Crippen LogP contribution in [0, 0.1) is 0 Å². The number of fused-ring (bicyclic) bond motifs is 2. The van der Waals surface area contributed by atoms with Gasteiger partial charge in [0.1, 0.15) is 0 Å². The molecule has 1 aromatic heterocycles. The van der Waals surface area contributed by atoms with Crippen molar-refractivity contribution in [1.82, 2.24) is 14.5 Å². The van der Waals surface area contributed by atoms with Gasteiger partial charge in [0, 0.05) is 20.6 Å². The van der Waals surface area contributed by atoms with Crippen molar-refractivity contribution in [3.63, 3.8) is 0 Å². The van der Waals surface area contributed by atoms with Crippen LogP contribution in [0.1, 0.15) is 13.8 Å². The van der Waals surface area contributed by atoms with E-state index >= 15 is 0 Å². The first-order valence-corrected chi connectivity index (χ1v) is 9.11. The van der Waals surface area contributed by atoms with E-state index in [0.29, 0.717) is 22.6 Å². The van der Waals surface area contributed by atoms with Crippen molar-refractivity contribution < 1.29 is 4.79 Å². The van der Waals surface area contributed by atoms with Crippen LogP contribution >= 0.6 is 11.8 Å². The van der Waals surface area contributed by atoms with Gasteiger partial charge in [0.05, 0.1) is 16.2 Å². The number of carbonyl (C=O) groups is 1. The summed E-state index contributed by atoms with van der Waals surface area (Å²) in [4.78, 5) is 31.3. The van der Waals surface area contributed by atoms with Gasteiger partial charge in [-0.25, -0.2) is 4.98 Å². The van der Waals surface area contributed by atoms with E-state index < -0.39 is 0 Å². The Balaban J connectivity index is 2.16. The summed E-state index contributed by atoms with van der Waals surface area (Å²) in [6.07, 6.45) is 0. The average molecular weight is 355 g/mol. The SMILES string of the molecule is CCn1c(S[C@@H](C)C(=O)N(C)C)nc2cc3ccccc3cc2c1=O. The lowest BCUT2D eigenvalue weighted by Crippen LogP contribution is -2.31. The van der Waals surface area contributed by atoms with Gasteiger partial charge in [0.25, 0.3) is 5.56 Å². The maximum Gasteiger partial charge on any atom is 0.262 e. The molecule has 0 N–H and O–H groups in total. The number of thioether (sulfide) groups is 1. The molecule has 0 aliphatic carbocycles. The van der Waals surface area contributed by atoms with Crippen LogP contribution in [0.25, 0.3) is 21.7 Å². The lowest BCUT2D eigenvalue weighted by molar-refractivity contribution is -0.127. The van der Waals surface area contributed by atoms with Gasteiger partial charge in [-0.3, -0.25) is 14.2 Å². The van der Waals surface area contributed by atoms with Crippen molar-refractivity contribution in [2.24, 2.45) is 0 Å². The molecule has 0 saturated heterocycles. The molecule has 0 unspecified atom stereocenters. The highest BCUT2D eigenvalue weighted by Gasteiger charge is 2.20. The number of amides is 1.